The highest BCUT2D eigenvalue weighted by Gasteiger charge is 2.31. The van der Waals surface area contributed by atoms with E-state index in [9.17, 15) is 13.2 Å². The van der Waals surface area contributed by atoms with Crippen molar-refractivity contribution in [2.24, 2.45) is 0 Å². The van der Waals surface area contributed by atoms with E-state index in [4.69, 9.17) is 21.0 Å². The third-order valence-electron chi connectivity index (χ3n) is 5.53. The summed E-state index contributed by atoms with van der Waals surface area (Å²) in [6.45, 7) is 1.94. The largest absolute Gasteiger partial charge is 0.460 e. The molecule has 0 N–H and O–H groups in total. The minimum atomic E-state index is -4.45. The van der Waals surface area contributed by atoms with Gasteiger partial charge in [0.25, 0.3) is 0 Å². The number of furan rings is 1. The first-order valence-corrected chi connectivity index (χ1v) is 10.7. The minimum absolute atomic E-state index is 0.206. The number of rotatable bonds is 4. The third kappa shape index (κ3) is 4.62. The summed E-state index contributed by atoms with van der Waals surface area (Å²) in [6.07, 6.45) is 1.60. The molecule has 0 radical (unpaired) electrons. The molecule has 0 unspecified atom stereocenters. The van der Waals surface area contributed by atoms with Crippen molar-refractivity contribution in [1.29, 1.82) is 0 Å². The van der Waals surface area contributed by atoms with Crippen molar-refractivity contribution >= 4 is 11.6 Å². The molecule has 0 bridgehead atoms. The van der Waals surface area contributed by atoms with Crippen LogP contribution in [-0.4, -0.2) is 26.4 Å². The van der Waals surface area contributed by atoms with Gasteiger partial charge in [-0.2, -0.15) is 13.2 Å². The van der Waals surface area contributed by atoms with Gasteiger partial charge < -0.3 is 4.42 Å². The molecule has 1 aromatic carbocycles. The van der Waals surface area contributed by atoms with Crippen LogP contribution in [0.5, 0.6) is 0 Å². The van der Waals surface area contributed by atoms with Crippen LogP contribution in [0.1, 0.15) is 22.6 Å². The molecular weight excluding hydrogens is 453 g/mol. The van der Waals surface area contributed by atoms with Crippen LogP contribution >= 0.6 is 11.6 Å². The maximum absolute atomic E-state index is 13.1. The molecule has 0 saturated carbocycles. The fraction of sp³-hybridized carbons (Fsp3) is 0.208. The van der Waals surface area contributed by atoms with Crippen LogP contribution in [0.25, 0.3) is 22.7 Å². The Balaban J connectivity index is 1.31. The number of alkyl halides is 3. The van der Waals surface area contributed by atoms with Gasteiger partial charge in [0.15, 0.2) is 5.82 Å². The Hall–Kier alpha value is -3.23. The molecule has 33 heavy (non-hydrogen) atoms. The number of hydrogen-bond acceptors (Lipinski definition) is 5. The summed E-state index contributed by atoms with van der Waals surface area (Å²) in [5, 5.41) is 0.206. The maximum atomic E-state index is 13.1. The Bertz CT molecular complexity index is 1290. The van der Waals surface area contributed by atoms with Gasteiger partial charge in [0.1, 0.15) is 11.5 Å². The van der Waals surface area contributed by atoms with Gasteiger partial charge in [0.2, 0.25) is 0 Å². The van der Waals surface area contributed by atoms with E-state index in [0.717, 1.165) is 41.9 Å². The summed E-state index contributed by atoms with van der Waals surface area (Å²) < 4.78 is 45.1. The van der Waals surface area contributed by atoms with E-state index in [-0.39, 0.29) is 10.6 Å². The molecule has 0 fully saturated rings. The van der Waals surface area contributed by atoms with Crippen LogP contribution in [0.2, 0.25) is 5.02 Å². The predicted octanol–water partition coefficient (Wildman–Crippen LogP) is 6.03. The molecular formula is C24H18ClF3N4O. The summed E-state index contributed by atoms with van der Waals surface area (Å²) in [5.41, 5.74) is 2.38. The fourth-order valence-electron chi connectivity index (χ4n) is 3.86. The topological polar surface area (TPSA) is 55.1 Å². The van der Waals surface area contributed by atoms with Crippen molar-refractivity contribution < 1.29 is 17.6 Å². The van der Waals surface area contributed by atoms with E-state index in [1.807, 2.05) is 18.3 Å². The van der Waals surface area contributed by atoms with Crippen molar-refractivity contribution in [2.75, 3.05) is 6.54 Å². The van der Waals surface area contributed by atoms with E-state index in [1.54, 1.807) is 24.5 Å². The van der Waals surface area contributed by atoms with Crippen LogP contribution in [0.4, 0.5) is 13.2 Å². The van der Waals surface area contributed by atoms with Crippen LogP contribution in [-0.2, 0) is 25.7 Å². The zero-order chi connectivity index (χ0) is 23.0. The van der Waals surface area contributed by atoms with Gasteiger partial charge in [-0.05, 0) is 42.5 Å². The standard InChI is InChI=1S/C24H18ClF3N4O/c25-20-5-3-17(24(26,27)28)10-19(20)22-6-4-18(33-22)14-32-9-7-21-16(13-32)12-30-23(31-21)15-2-1-8-29-11-15/h1-6,8,10-12H,7,9,13-14H2. The molecule has 0 amide bonds. The molecule has 9 heteroatoms. The number of pyridine rings is 1. The van der Waals surface area contributed by atoms with Gasteiger partial charge in [-0.3, -0.25) is 9.88 Å². The zero-order valence-electron chi connectivity index (χ0n) is 17.3. The van der Waals surface area contributed by atoms with Crippen LogP contribution < -0.4 is 0 Å². The Morgan fingerprint density at radius 1 is 1.09 bits per heavy atom. The van der Waals surface area contributed by atoms with Crippen molar-refractivity contribution in [3.05, 3.63) is 88.7 Å². The van der Waals surface area contributed by atoms with Crippen molar-refractivity contribution in [3.8, 4) is 22.7 Å². The summed E-state index contributed by atoms with van der Waals surface area (Å²) in [4.78, 5) is 15.5. The number of benzene rings is 1. The first kappa shape index (κ1) is 21.6. The molecule has 1 aliphatic heterocycles. The molecule has 168 valence electrons. The Kier molecular flexibility index (Phi) is 5.64. The lowest BCUT2D eigenvalue weighted by Gasteiger charge is -2.27. The second-order valence-corrected chi connectivity index (χ2v) is 8.23. The smallest absolute Gasteiger partial charge is 0.416 e. The average Bonchev–Trinajstić information content (AvgIpc) is 3.27. The highest BCUT2D eigenvalue weighted by molar-refractivity contribution is 6.33. The Labute approximate surface area is 192 Å². The van der Waals surface area contributed by atoms with E-state index < -0.39 is 11.7 Å². The fourth-order valence-corrected chi connectivity index (χ4v) is 4.07. The predicted molar refractivity (Wildman–Crippen MR) is 117 cm³/mol. The van der Waals surface area contributed by atoms with E-state index >= 15 is 0 Å². The maximum Gasteiger partial charge on any atom is 0.416 e. The number of aromatic nitrogens is 3. The minimum Gasteiger partial charge on any atom is -0.460 e. The molecule has 4 aromatic rings. The third-order valence-corrected chi connectivity index (χ3v) is 5.86. The highest BCUT2D eigenvalue weighted by Crippen LogP contribution is 2.36. The molecule has 0 saturated heterocycles. The lowest BCUT2D eigenvalue weighted by atomic mass is 10.1. The van der Waals surface area contributed by atoms with E-state index in [0.29, 0.717) is 30.4 Å². The van der Waals surface area contributed by atoms with Gasteiger partial charge in [-0.1, -0.05) is 11.6 Å². The first-order chi connectivity index (χ1) is 15.9. The van der Waals surface area contributed by atoms with Gasteiger partial charge in [0, 0.05) is 54.8 Å². The van der Waals surface area contributed by atoms with Crippen LogP contribution in [0.15, 0.2) is 65.5 Å². The molecule has 3 aromatic heterocycles. The van der Waals surface area contributed by atoms with Crippen molar-refractivity contribution in [3.63, 3.8) is 0 Å². The van der Waals surface area contributed by atoms with Gasteiger partial charge in [-0.15, -0.1) is 0 Å². The van der Waals surface area contributed by atoms with Crippen molar-refractivity contribution in [1.82, 2.24) is 19.9 Å². The summed E-state index contributed by atoms with van der Waals surface area (Å²) in [6, 6.07) is 10.4. The average molecular weight is 471 g/mol. The van der Waals surface area contributed by atoms with Gasteiger partial charge >= 0.3 is 6.18 Å². The first-order valence-electron chi connectivity index (χ1n) is 10.3. The van der Waals surface area contributed by atoms with E-state index in [2.05, 4.69) is 14.9 Å². The zero-order valence-corrected chi connectivity index (χ0v) is 18.1. The molecule has 1 aliphatic rings. The molecule has 0 aliphatic carbocycles. The van der Waals surface area contributed by atoms with Crippen LogP contribution in [0.3, 0.4) is 0 Å². The van der Waals surface area contributed by atoms with E-state index in [1.165, 1.54) is 6.07 Å². The summed E-state index contributed by atoms with van der Waals surface area (Å²) in [5.74, 6) is 1.61. The lowest BCUT2D eigenvalue weighted by Crippen LogP contribution is -2.30. The molecule has 0 atom stereocenters. The molecule has 5 nitrogen and oxygen atoms in total. The normalized spacial score (nSPS) is 14.3. The summed E-state index contributed by atoms with van der Waals surface area (Å²) >= 11 is 6.14. The van der Waals surface area contributed by atoms with Gasteiger partial charge in [0.05, 0.1) is 22.8 Å². The summed E-state index contributed by atoms with van der Waals surface area (Å²) in [7, 11) is 0. The second kappa shape index (κ2) is 8.61. The van der Waals surface area contributed by atoms with Gasteiger partial charge in [-0.25, -0.2) is 9.97 Å². The highest BCUT2D eigenvalue weighted by atomic mass is 35.5. The SMILES string of the molecule is FC(F)(F)c1ccc(Cl)c(-c2ccc(CN3CCc4nc(-c5cccnc5)ncc4C3)o2)c1. The molecule has 4 heterocycles. The molecule has 5 rings (SSSR count). The Morgan fingerprint density at radius 2 is 1.97 bits per heavy atom. The Morgan fingerprint density at radius 3 is 2.76 bits per heavy atom. The quantitative estimate of drug-likeness (QED) is 0.364. The number of fused-ring (bicyclic) bond motifs is 1. The number of nitrogens with zero attached hydrogens (tertiary/aromatic N) is 4. The number of halogens is 4. The van der Waals surface area contributed by atoms with Crippen molar-refractivity contribution in [2.45, 2.75) is 25.7 Å². The lowest BCUT2D eigenvalue weighted by molar-refractivity contribution is -0.137. The second-order valence-electron chi connectivity index (χ2n) is 7.83. The van der Waals surface area contributed by atoms with Crippen LogP contribution in [0, 0.1) is 0 Å². The monoisotopic (exact) mass is 470 g/mol. The molecule has 0 spiro atoms. The number of hydrogen-bond donors (Lipinski definition) is 0.